The minimum atomic E-state index is -0.0275. The van der Waals surface area contributed by atoms with E-state index in [0.29, 0.717) is 5.92 Å². The molecular formula is C11H16N2O2. The largest absolute Gasteiger partial charge is 0.326 e. The molecule has 0 aromatic rings. The summed E-state index contributed by atoms with van der Waals surface area (Å²) in [5, 5.41) is 0. The van der Waals surface area contributed by atoms with E-state index in [0.717, 1.165) is 19.3 Å². The Morgan fingerprint density at radius 3 is 2.00 bits per heavy atom. The van der Waals surface area contributed by atoms with E-state index < -0.39 is 0 Å². The second-order valence-electron chi connectivity index (χ2n) is 5.30. The summed E-state index contributed by atoms with van der Waals surface area (Å²) in [6, 6.07) is 0.0556. The van der Waals surface area contributed by atoms with Gasteiger partial charge in [0.25, 0.3) is 0 Å². The summed E-state index contributed by atoms with van der Waals surface area (Å²) >= 11 is 0. The van der Waals surface area contributed by atoms with Crippen molar-refractivity contribution < 1.29 is 9.59 Å². The van der Waals surface area contributed by atoms with Crippen molar-refractivity contribution in [3.63, 3.8) is 0 Å². The molecule has 0 spiro atoms. The van der Waals surface area contributed by atoms with E-state index in [9.17, 15) is 9.59 Å². The van der Waals surface area contributed by atoms with Crippen molar-refractivity contribution in [3.05, 3.63) is 0 Å². The van der Waals surface area contributed by atoms with Crippen LogP contribution in [0.2, 0.25) is 0 Å². The Morgan fingerprint density at radius 2 is 1.60 bits per heavy atom. The van der Waals surface area contributed by atoms with Crippen molar-refractivity contribution in [1.29, 1.82) is 0 Å². The molecule has 15 heavy (non-hydrogen) atoms. The van der Waals surface area contributed by atoms with E-state index in [1.165, 1.54) is 4.90 Å². The molecule has 4 atom stereocenters. The average Bonchev–Trinajstić information content (AvgIpc) is 2.68. The molecule has 2 amide bonds. The monoisotopic (exact) mass is 208 g/mol. The van der Waals surface area contributed by atoms with Crippen LogP contribution in [-0.2, 0) is 9.59 Å². The smallest absolute Gasteiger partial charge is 0.233 e. The van der Waals surface area contributed by atoms with Crippen LogP contribution in [-0.4, -0.2) is 28.8 Å². The van der Waals surface area contributed by atoms with Gasteiger partial charge in [0, 0.05) is 6.04 Å². The highest BCUT2D eigenvalue weighted by molar-refractivity contribution is 6.06. The van der Waals surface area contributed by atoms with Crippen LogP contribution in [0.1, 0.15) is 26.2 Å². The van der Waals surface area contributed by atoms with Gasteiger partial charge in [0.15, 0.2) is 0 Å². The van der Waals surface area contributed by atoms with Crippen molar-refractivity contribution in [2.75, 3.05) is 0 Å². The van der Waals surface area contributed by atoms with Gasteiger partial charge in [0.2, 0.25) is 11.8 Å². The zero-order chi connectivity index (χ0) is 10.7. The molecule has 2 saturated carbocycles. The predicted octanol–water partition coefficient (Wildman–Crippen LogP) is 0.117. The Morgan fingerprint density at radius 1 is 1.13 bits per heavy atom. The first-order valence-electron chi connectivity index (χ1n) is 5.72. The van der Waals surface area contributed by atoms with E-state index in [-0.39, 0.29) is 35.7 Å². The number of fused-ring (bicyclic) bond motifs is 1. The van der Waals surface area contributed by atoms with Crippen LogP contribution < -0.4 is 5.73 Å². The van der Waals surface area contributed by atoms with Crippen LogP contribution in [0.4, 0.5) is 0 Å². The number of hydrogen-bond acceptors (Lipinski definition) is 3. The van der Waals surface area contributed by atoms with Crippen molar-refractivity contribution in [2.24, 2.45) is 23.5 Å². The third-order valence-electron chi connectivity index (χ3n) is 4.04. The molecular weight excluding hydrogens is 192 g/mol. The van der Waals surface area contributed by atoms with Gasteiger partial charge < -0.3 is 5.73 Å². The summed E-state index contributed by atoms with van der Waals surface area (Å²) in [4.78, 5) is 25.5. The number of carbonyl (C=O) groups is 2. The topological polar surface area (TPSA) is 63.4 Å². The van der Waals surface area contributed by atoms with Crippen LogP contribution >= 0.6 is 0 Å². The van der Waals surface area contributed by atoms with Crippen LogP contribution in [0.15, 0.2) is 0 Å². The molecule has 1 heterocycles. The maximum absolute atomic E-state index is 12.0. The molecule has 3 aliphatic rings. The van der Waals surface area contributed by atoms with E-state index in [1.54, 1.807) is 0 Å². The predicted molar refractivity (Wildman–Crippen MR) is 53.6 cm³/mol. The summed E-state index contributed by atoms with van der Waals surface area (Å²) in [6.45, 7) is 2.12. The average molecular weight is 208 g/mol. The fourth-order valence-corrected chi connectivity index (χ4v) is 3.13. The molecule has 0 radical (unpaired) electrons. The first-order chi connectivity index (χ1) is 7.09. The SMILES string of the molecule is CC1CC2C(=O)N(C3CC3N)C(=O)C2C1. The number of likely N-dealkylation sites (tertiary alicyclic amines) is 1. The van der Waals surface area contributed by atoms with Crippen molar-refractivity contribution in [1.82, 2.24) is 4.90 Å². The molecule has 3 rings (SSSR count). The molecule has 1 saturated heterocycles. The Hall–Kier alpha value is -0.900. The highest BCUT2D eigenvalue weighted by Gasteiger charge is 2.57. The fourth-order valence-electron chi connectivity index (χ4n) is 3.13. The summed E-state index contributed by atoms with van der Waals surface area (Å²) in [6.07, 6.45) is 2.56. The zero-order valence-electron chi connectivity index (χ0n) is 8.85. The fraction of sp³-hybridized carbons (Fsp3) is 0.818. The molecule has 3 fully saturated rings. The number of imide groups is 1. The first-order valence-corrected chi connectivity index (χ1v) is 5.72. The van der Waals surface area contributed by atoms with Gasteiger partial charge in [0.1, 0.15) is 0 Å². The first kappa shape index (κ1) is 9.33. The molecule has 0 bridgehead atoms. The van der Waals surface area contributed by atoms with Crippen LogP contribution in [0.5, 0.6) is 0 Å². The zero-order valence-corrected chi connectivity index (χ0v) is 8.85. The molecule has 4 unspecified atom stereocenters. The van der Waals surface area contributed by atoms with E-state index in [2.05, 4.69) is 6.92 Å². The van der Waals surface area contributed by atoms with Crippen LogP contribution in [0.25, 0.3) is 0 Å². The summed E-state index contributed by atoms with van der Waals surface area (Å²) in [5.74, 6) is 0.558. The Bertz CT molecular complexity index is 317. The summed E-state index contributed by atoms with van der Waals surface area (Å²) in [5.41, 5.74) is 5.70. The van der Waals surface area contributed by atoms with Crippen molar-refractivity contribution in [3.8, 4) is 0 Å². The van der Waals surface area contributed by atoms with E-state index >= 15 is 0 Å². The molecule has 4 heteroatoms. The number of carbonyl (C=O) groups excluding carboxylic acids is 2. The van der Waals surface area contributed by atoms with Crippen molar-refractivity contribution in [2.45, 2.75) is 38.3 Å². The van der Waals surface area contributed by atoms with Gasteiger partial charge in [-0.2, -0.15) is 0 Å². The summed E-state index contributed by atoms with van der Waals surface area (Å²) in [7, 11) is 0. The van der Waals surface area contributed by atoms with E-state index in [1.807, 2.05) is 0 Å². The van der Waals surface area contributed by atoms with Gasteiger partial charge in [-0.05, 0) is 25.2 Å². The Balaban J connectivity index is 1.85. The number of nitrogens with two attached hydrogens (primary N) is 1. The minimum Gasteiger partial charge on any atom is -0.326 e. The lowest BCUT2D eigenvalue weighted by molar-refractivity contribution is -0.141. The van der Waals surface area contributed by atoms with Gasteiger partial charge in [-0.1, -0.05) is 6.92 Å². The highest BCUT2D eigenvalue weighted by Crippen LogP contribution is 2.45. The van der Waals surface area contributed by atoms with Crippen LogP contribution in [0, 0.1) is 17.8 Å². The molecule has 82 valence electrons. The van der Waals surface area contributed by atoms with Gasteiger partial charge in [0.05, 0.1) is 17.9 Å². The third kappa shape index (κ3) is 1.17. The minimum absolute atomic E-state index is 0.0194. The number of nitrogens with zero attached hydrogens (tertiary/aromatic N) is 1. The second-order valence-corrected chi connectivity index (χ2v) is 5.30. The molecule has 0 aromatic heterocycles. The maximum atomic E-state index is 12.0. The lowest BCUT2D eigenvalue weighted by atomic mass is 10.00. The lowest BCUT2D eigenvalue weighted by Gasteiger charge is -2.16. The van der Waals surface area contributed by atoms with Crippen LogP contribution in [0.3, 0.4) is 0 Å². The molecule has 0 aromatic carbocycles. The molecule has 4 nitrogen and oxygen atoms in total. The standard InChI is InChI=1S/C11H16N2O2/c1-5-2-6-7(3-5)11(15)13(10(6)14)9-4-8(9)12/h5-9H,2-4,12H2,1H3. The molecule has 2 aliphatic carbocycles. The van der Waals surface area contributed by atoms with E-state index in [4.69, 9.17) is 5.73 Å². The number of amides is 2. The summed E-state index contributed by atoms with van der Waals surface area (Å²) < 4.78 is 0. The normalized spacial score (nSPS) is 48.7. The van der Waals surface area contributed by atoms with Gasteiger partial charge >= 0.3 is 0 Å². The van der Waals surface area contributed by atoms with Gasteiger partial charge in [-0.3, -0.25) is 14.5 Å². The Labute approximate surface area is 88.8 Å². The molecule has 1 aliphatic heterocycles. The van der Waals surface area contributed by atoms with Gasteiger partial charge in [-0.25, -0.2) is 0 Å². The lowest BCUT2D eigenvalue weighted by Crippen LogP contribution is -2.37. The quantitative estimate of drug-likeness (QED) is 0.622. The maximum Gasteiger partial charge on any atom is 0.233 e. The van der Waals surface area contributed by atoms with Crippen molar-refractivity contribution >= 4 is 11.8 Å². The Kier molecular flexibility index (Phi) is 1.75. The molecule has 2 N–H and O–H groups in total. The second kappa shape index (κ2) is 2.82. The van der Waals surface area contributed by atoms with Gasteiger partial charge in [-0.15, -0.1) is 0 Å². The highest BCUT2D eigenvalue weighted by atomic mass is 16.2. The third-order valence-corrected chi connectivity index (χ3v) is 4.04. The number of rotatable bonds is 1. The number of hydrogen-bond donors (Lipinski definition) is 1.